The molecule has 1 heterocycles. The molecule has 0 amide bonds. The molecule has 2 rings (SSSR count). The smallest absolute Gasteiger partial charge is 0.335 e. The first-order valence-corrected chi connectivity index (χ1v) is 7.32. The summed E-state index contributed by atoms with van der Waals surface area (Å²) < 4.78 is 19.5. The number of carbonyl (C=O) groups is 1. The Morgan fingerprint density at radius 3 is 2.60 bits per heavy atom. The fourth-order valence-electron chi connectivity index (χ4n) is 1.78. The van der Waals surface area contributed by atoms with Crippen LogP contribution < -0.4 is 4.74 Å². The van der Waals surface area contributed by atoms with Crippen LogP contribution in [-0.4, -0.2) is 23.4 Å². The van der Waals surface area contributed by atoms with Gasteiger partial charge in [-0.3, -0.25) is 0 Å². The van der Waals surface area contributed by atoms with Gasteiger partial charge in [-0.05, 0) is 25.1 Å². The Balaban J connectivity index is 0.000000956. The molecule has 6 heteroatoms. The first kappa shape index (κ1) is 17.0. The van der Waals surface area contributed by atoms with Crippen LogP contribution in [0.2, 0.25) is 5.02 Å². The minimum absolute atomic E-state index is 0.119. The molecule has 0 bridgehead atoms. The number of alkyl halides is 1. The van der Waals surface area contributed by atoms with Crippen molar-refractivity contribution < 1.29 is 19.0 Å². The van der Waals surface area contributed by atoms with E-state index in [0.717, 1.165) is 0 Å². The molecule has 2 atom stereocenters. The van der Waals surface area contributed by atoms with Crippen LogP contribution in [0.3, 0.4) is 0 Å². The normalized spacial score (nSPS) is 17.9. The summed E-state index contributed by atoms with van der Waals surface area (Å²) in [6, 6.07) is 3.28. The Morgan fingerprint density at radius 2 is 2.10 bits per heavy atom. The third kappa shape index (κ3) is 3.52. The molecular formula is C14H15BrClFO3. The summed E-state index contributed by atoms with van der Waals surface area (Å²) in [6.07, 6.45) is -1.20. The van der Waals surface area contributed by atoms with Gasteiger partial charge in [0.05, 0.1) is 10.6 Å². The van der Waals surface area contributed by atoms with Gasteiger partial charge < -0.3 is 9.84 Å². The fourth-order valence-corrected chi connectivity index (χ4v) is 2.66. The zero-order valence-electron chi connectivity index (χ0n) is 11.3. The van der Waals surface area contributed by atoms with Gasteiger partial charge in [0, 0.05) is 10.0 Å². The second-order valence-electron chi connectivity index (χ2n) is 3.93. The van der Waals surface area contributed by atoms with Gasteiger partial charge in [-0.2, -0.15) is 0 Å². The highest BCUT2D eigenvalue weighted by Crippen LogP contribution is 2.39. The van der Waals surface area contributed by atoms with Crippen molar-refractivity contribution in [3.05, 3.63) is 32.8 Å². The largest absolute Gasteiger partial charge is 0.480 e. The topological polar surface area (TPSA) is 46.5 Å². The van der Waals surface area contributed by atoms with Crippen molar-refractivity contribution in [2.45, 2.75) is 33.0 Å². The van der Waals surface area contributed by atoms with Crippen LogP contribution in [-0.2, 0) is 4.79 Å². The number of halogens is 3. The maximum atomic E-state index is 13.4. The van der Waals surface area contributed by atoms with E-state index in [4.69, 9.17) is 21.4 Å². The summed E-state index contributed by atoms with van der Waals surface area (Å²) in [5.41, 5.74) is 0.398. The Morgan fingerprint density at radius 1 is 1.50 bits per heavy atom. The first-order chi connectivity index (χ1) is 9.40. The molecule has 20 heavy (non-hydrogen) atoms. The maximum Gasteiger partial charge on any atom is 0.335 e. The molecule has 1 aromatic carbocycles. The quantitative estimate of drug-likeness (QED) is 0.825. The van der Waals surface area contributed by atoms with Crippen molar-refractivity contribution in [1.29, 1.82) is 0 Å². The lowest BCUT2D eigenvalue weighted by atomic mass is 9.99. The lowest BCUT2D eigenvalue weighted by molar-refractivity contribution is -0.133. The fraction of sp³-hybridized carbons (Fsp3) is 0.357. The average molecular weight is 366 g/mol. The molecule has 0 aromatic heterocycles. The molecule has 3 nitrogen and oxygen atoms in total. The summed E-state index contributed by atoms with van der Waals surface area (Å²) in [6.45, 7) is 5.25. The number of hydrogen-bond donors (Lipinski definition) is 1. The molecule has 1 aromatic rings. The van der Waals surface area contributed by atoms with Gasteiger partial charge in [0.1, 0.15) is 11.9 Å². The monoisotopic (exact) mass is 364 g/mol. The van der Waals surface area contributed by atoms with E-state index in [0.29, 0.717) is 20.8 Å². The van der Waals surface area contributed by atoms with E-state index in [-0.39, 0.29) is 5.57 Å². The molecule has 0 saturated heterocycles. The van der Waals surface area contributed by atoms with Gasteiger partial charge in [-0.25, -0.2) is 9.18 Å². The van der Waals surface area contributed by atoms with Crippen molar-refractivity contribution in [3.63, 3.8) is 0 Å². The van der Waals surface area contributed by atoms with Crippen LogP contribution in [0.4, 0.5) is 4.39 Å². The summed E-state index contributed by atoms with van der Waals surface area (Å²) in [4.78, 5) is 11.1. The van der Waals surface area contributed by atoms with E-state index in [9.17, 15) is 9.18 Å². The molecule has 0 radical (unpaired) electrons. The maximum absolute atomic E-state index is 13.4. The molecule has 1 aliphatic heterocycles. The van der Waals surface area contributed by atoms with Gasteiger partial charge in [-0.15, -0.1) is 0 Å². The number of carboxylic acid groups (broad SMARTS) is 1. The van der Waals surface area contributed by atoms with Gasteiger partial charge >= 0.3 is 5.97 Å². The average Bonchev–Trinajstić information content (AvgIpc) is 2.39. The minimum atomic E-state index is -1.44. The number of benzene rings is 1. The second kappa shape index (κ2) is 7.09. The lowest BCUT2D eigenvalue weighted by Crippen LogP contribution is -2.34. The third-order valence-corrected chi connectivity index (χ3v) is 3.30. The van der Waals surface area contributed by atoms with Crippen LogP contribution >= 0.6 is 27.5 Å². The standard InChI is InChI=1S/C12H9BrClFO3.C2H6/c1-5(15)10-8(12(16)17)3-6-2-7(13)4-9(14)11(6)18-10;1-2/h2-5,10H,1H3,(H,16,17);1-2H3. The van der Waals surface area contributed by atoms with Gasteiger partial charge in [0.2, 0.25) is 0 Å². The van der Waals surface area contributed by atoms with Crippen LogP contribution in [0, 0.1) is 0 Å². The molecule has 0 saturated carbocycles. The Kier molecular flexibility index (Phi) is 6.02. The number of rotatable bonds is 2. The van der Waals surface area contributed by atoms with E-state index in [1.165, 1.54) is 13.0 Å². The summed E-state index contributed by atoms with van der Waals surface area (Å²) in [5, 5.41) is 9.37. The number of aliphatic carboxylic acids is 1. The number of carboxylic acids is 1. The summed E-state index contributed by atoms with van der Waals surface area (Å²) in [7, 11) is 0. The van der Waals surface area contributed by atoms with Crippen molar-refractivity contribution >= 4 is 39.6 Å². The highest BCUT2D eigenvalue weighted by atomic mass is 79.9. The highest BCUT2D eigenvalue weighted by Gasteiger charge is 2.33. The highest BCUT2D eigenvalue weighted by molar-refractivity contribution is 9.10. The molecular weight excluding hydrogens is 351 g/mol. The SMILES string of the molecule is CC.CC(F)C1Oc2c(Cl)cc(Br)cc2C=C1C(=O)O. The van der Waals surface area contributed by atoms with Gasteiger partial charge in [0.15, 0.2) is 6.10 Å². The zero-order chi connectivity index (χ0) is 15.4. The zero-order valence-corrected chi connectivity index (χ0v) is 13.6. The number of fused-ring (bicyclic) bond motifs is 1. The van der Waals surface area contributed by atoms with E-state index >= 15 is 0 Å². The van der Waals surface area contributed by atoms with Crippen molar-refractivity contribution in [2.24, 2.45) is 0 Å². The van der Waals surface area contributed by atoms with Crippen molar-refractivity contribution in [3.8, 4) is 5.75 Å². The molecule has 2 unspecified atom stereocenters. The molecule has 0 fully saturated rings. The molecule has 0 spiro atoms. The predicted octanol–water partition coefficient (Wildman–Crippen LogP) is 4.72. The lowest BCUT2D eigenvalue weighted by Gasteiger charge is -2.27. The van der Waals surface area contributed by atoms with Crippen molar-refractivity contribution in [2.75, 3.05) is 0 Å². The predicted molar refractivity (Wildman–Crippen MR) is 81.1 cm³/mol. The molecule has 110 valence electrons. The minimum Gasteiger partial charge on any atom is -0.480 e. The number of hydrogen-bond acceptors (Lipinski definition) is 2. The Hall–Kier alpha value is -1.07. The van der Waals surface area contributed by atoms with Crippen LogP contribution in [0.5, 0.6) is 5.75 Å². The van der Waals surface area contributed by atoms with E-state index in [1.807, 2.05) is 13.8 Å². The second-order valence-corrected chi connectivity index (χ2v) is 5.25. The van der Waals surface area contributed by atoms with Crippen LogP contribution in [0.15, 0.2) is 22.2 Å². The van der Waals surface area contributed by atoms with E-state index in [1.54, 1.807) is 12.1 Å². The third-order valence-electron chi connectivity index (χ3n) is 2.56. The Bertz CT molecular complexity index is 543. The van der Waals surface area contributed by atoms with Gasteiger partial charge in [0.25, 0.3) is 0 Å². The van der Waals surface area contributed by atoms with Crippen LogP contribution in [0.1, 0.15) is 26.3 Å². The van der Waals surface area contributed by atoms with Gasteiger partial charge in [-0.1, -0.05) is 41.4 Å². The van der Waals surface area contributed by atoms with Crippen molar-refractivity contribution in [1.82, 2.24) is 0 Å². The van der Waals surface area contributed by atoms with E-state index < -0.39 is 18.2 Å². The molecule has 1 N–H and O–H groups in total. The van der Waals surface area contributed by atoms with Crippen LogP contribution in [0.25, 0.3) is 6.08 Å². The summed E-state index contributed by atoms with van der Waals surface area (Å²) in [5.74, 6) is -0.898. The summed E-state index contributed by atoms with van der Waals surface area (Å²) >= 11 is 9.24. The van der Waals surface area contributed by atoms with E-state index in [2.05, 4.69) is 15.9 Å². The first-order valence-electron chi connectivity index (χ1n) is 6.15. The Labute approximate surface area is 130 Å². The molecule has 0 aliphatic carbocycles. The molecule has 1 aliphatic rings. The number of ether oxygens (including phenoxy) is 1.